The minimum atomic E-state index is -0.523. The first-order chi connectivity index (χ1) is 27.3. The van der Waals surface area contributed by atoms with Gasteiger partial charge < -0.3 is 15.5 Å². The molecule has 6 aromatic rings. The maximum atomic E-state index is 12.8. The van der Waals surface area contributed by atoms with Crippen LogP contribution in [0.15, 0.2) is 90.3 Å². The Hall–Kier alpha value is -6.63. The van der Waals surface area contributed by atoms with Gasteiger partial charge in [0.2, 0.25) is 29.7 Å². The molecule has 4 heterocycles. The van der Waals surface area contributed by atoms with Gasteiger partial charge in [0.1, 0.15) is 11.4 Å². The van der Waals surface area contributed by atoms with Gasteiger partial charge in [0.15, 0.2) is 16.8 Å². The van der Waals surface area contributed by atoms with Crippen molar-refractivity contribution in [1.29, 1.82) is 0 Å². The Morgan fingerprint density at radius 2 is 1.07 bits per heavy atom. The molecule has 0 atom stereocenters. The van der Waals surface area contributed by atoms with E-state index in [0.717, 1.165) is 0 Å². The Bertz CT molecular complexity index is 2430. The largest absolute Gasteiger partial charge is 0.347 e. The molecule has 0 radical (unpaired) electrons. The highest BCUT2D eigenvalue weighted by Gasteiger charge is 2.18. The van der Waals surface area contributed by atoms with E-state index in [9.17, 15) is 19.2 Å². The van der Waals surface area contributed by atoms with Crippen LogP contribution in [0.2, 0.25) is 10.0 Å². The van der Waals surface area contributed by atoms with Crippen LogP contribution in [0, 0.1) is 0 Å². The summed E-state index contributed by atoms with van der Waals surface area (Å²) < 4.78 is 0. The molecule has 0 saturated heterocycles. The van der Waals surface area contributed by atoms with Crippen LogP contribution in [0.4, 0.5) is 29.2 Å². The van der Waals surface area contributed by atoms with Gasteiger partial charge >= 0.3 is 0 Å². The molecule has 0 saturated carbocycles. The number of thioether (sulfide) groups is 1. The molecule has 0 fully saturated rings. The molecule has 0 spiro atoms. The van der Waals surface area contributed by atoms with Crippen molar-refractivity contribution in [3.63, 3.8) is 0 Å². The number of hydrogen-bond donors (Lipinski definition) is 4. The van der Waals surface area contributed by atoms with E-state index in [1.165, 1.54) is 49.9 Å². The van der Waals surface area contributed by atoms with Crippen molar-refractivity contribution < 1.29 is 19.2 Å². The standard InChI is InChI=1S/C19H18ClN7O2.C18H15ClN6O2S/c1-11(28)22-12-7-8-14(20)13(10-12)17(29)25-18-23-16(15-6-4-5-9-21-15)24-19(26-18)27(2)3;1-10(26)21-11-6-7-13(19)12(9-11)16(27)24-17-22-15(23-18(25-17)28-2)14-5-3-4-8-20-14/h4-10H,1-3H3,(H,22,28)(H,23,24,25,26,29);3-9H,1-2H3,(H,21,26)(H,22,23,24,25,27). The van der Waals surface area contributed by atoms with Crippen LogP contribution >= 0.6 is 35.0 Å². The van der Waals surface area contributed by atoms with E-state index in [1.54, 1.807) is 67.8 Å². The third-order valence-corrected chi connectivity index (χ3v) is 8.33. The zero-order valence-corrected chi connectivity index (χ0v) is 33.2. The molecule has 0 aliphatic rings. The lowest BCUT2D eigenvalue weighted by molar-refractivity contribution is -0.115. The van der Waals surface area contributed by atoms with Gasteiger partial charge in [-0.15, -0.1) is 0 Å². The van der Waals surface area contributed by atoms with Gasteiger partial charge in [0.25, 0.3) is 11.8 Å². The van der Waals surface area contributed by atoms with Crippen LogP contribution in [0.25, 0.3) is 23.0 Å². The van der Waals surface area contributed by atoms with E-state index in [4.69, 9.17) is 23.2 Å². The van der Waals surface area contributed by atoms with Crippen LogP contribution in [0.1, 0.15) is 34.6 Å². The minimum Gasteiger partial charge on any atom is -0.347 e. The number of nitrogens with zero attached hydrogens (tertiary/aromatic N) is 9. The number of nitrogens with one attached hydrogen (secondary N) is 4. The molecule has 0 aliphatic carbocycles. The maximum Gasteiger partial charge on any atom is 0.259 e. The summed E-state index contributed by atoms with van der Waals surface area (Å²) in [6.45, 7) is 2.75. The van der Waals surface area contributed by atoms with Crippen LogP contribution in [0.3, 0.4) is 0 Å². The third kappa shape index (κ3) is 11.7. The number of rotatable bonds is 10. The predicted molar refractivity (Wildman–Crippen MR) is 220 cm³/mol. The number of amides is 4. The zero-order valence-electron chi connectivity index (χ0n) is 30.9. The Morgan fingerprint density at radius 1 is 0.596 bits per heavy atom. The van der Waals surface area contributed by atoms with E-state index in [2.05, 4.69) is 61.1 Å². The van der Waals surface area contributed by atoms with Gasteiger partial charge in [0, 0.05) is 51.7 Å². The molecular weight excluding hydrogens is 793 g/mol. The number of pyridine rings is 2. The fraction of sp³-hybridized carbons (Fsp3) is 0.135. The summed E-state index contributed by atoms with van der Waals surface area (Å²) in [6, 6.07) is 19.9. The first-order valence-corrected chi connectivity index (χ1v) is 18.6. The third-order valence-electron chi connectivity index (χ3n) is 7.12. The number of halogens is 2. The first-order valence-electron chi connectivity index (χ1n) is 16.6. The van der Waals surface area contributed by atoms with Gasteiger partial charge in [-0.25, -0.2) is 4.98 Å². The molecule has 0 aliphatic heterocycles. The Labute approximate surface area is 340 Å². The van der Waals surface area contributed by atoms with Crippen LogP contribution in [-0.2, 0) is 9.59 Å². The lowest BCUT2D eigenvalue weighted by atomic mass is 10.2. The summed E-state index contributed by atoms with van der Waals surface area (Å²) in [7, 11) is 3.55. The second-order valence-electron chi connectivity index (χ2n) is 11.7. The highest BCUT2D eigenvalue weighted by molar-refractivity contribution is 7.98. The van der Waals surface area contributed by atoms with Crippen molar-refractivity contribution in [2.45, 2.75) is 19.0 Å². The van der Waals surface area contributed by atoms with Gasteiger partial charge in [0.05, 0.1) is 21.2 Å². The van der Waals surface area contributed by atoms with Gasteiger partial charge in [-0.3, -0.25) is 39.8 Å². The molecule has 6 rings (SSSR count). The van der Waals surface area contributed by atoms with Crippen molar-refractivity contribution in [2.75, 3.05) is 46.5 Å². The molecule has 57 heavy (non-hydrogen) atoms. The van der Waals surface area contributed by atoms with Crippen molar-refractivity contribution in [1.82, 2.24) is 39.9 Å². The van der Waals surface area contributed by atoms with E-state index in [-0.39, 0.29) is 44.9 Å². The van der Waals surface area contributed by atoms with Gasteiger partial charge in [-0.1, -0.05) is 47.1 Å². The number of hydrogen-bond acceptors (Lipinski definition) is 14. The molecule has 290 valence electrons. The first kappa shape index (κ1) is 41.5. The summed E-state index contributed by atoms with van der Waals surface area (Å²) in [5.41, 5.74) is 2.35. The molecule has 2 aromatic carbocycles. The van der Waals surface area contributed by atoms with Crippen molar-refractivity contribution >= 4 is 87.8 Å². The van der Waals surface area contributed by atoms with Crippen LogP contribution < -0.4 is 26.2 Å². The molecule has 0 bridgehead atoms. The highest BCUT2D eigenvalue weighted by atomic mass is 35.5. The normalized spacial score (nSPS) is 10.4. The average molecular weight is 827 g/mol. The zero-order chi connectivity index (χ0) is 41.1. The molecule has 17 nitrogen and oxygen atoms in total. The van der Waals surface area contributed by atoms with E-state index >= 15 is 0 Å². The van der Waals surface area contributed by atoms with Crippen molar-refractivity contribution in [2.24, 2.45) is 0 Å². The van der Waals surface area contributed by atoms with E-state index < -0.39 is 11.8 Å². The smallest absolute Gasteiger partial charge is 0.259 e. The van der Waals surface area contributed by atoms with Crippen LogP contribution in [-0.4, -0.2) is 83.9 Å². The Kier molecular flexibility index (Phi) is 14.1. The molecular formula is C37H33Cl2N13O4S. The van der Waals surface area contributed by atoms with Crippen molar-refractivity contribution in [3.05, 3.63) is 106 Å². The van der Waals surface area contributed by atoms with E-state index in [1.807, 2.05) is 18.4 Å². The highest BCUT2D eigenvalue weighted by Crippen LogP contribution is 2.25. The summed E-state index contributed by atoms with van der Waals surface area (Å²) in [4.78, 5) is 83.8. The second kappa shape index (κ2) is 19.3. The molecule has 4 N–H and O–H groups in total. The Morgan fingerprint density at radius 3 is 1.49 bits per heavy atom. The fourth-order valence-corrected chi connectivity index (χ4v) is 5.40. The maximum absolute atomic E-state index is 12.8. The number of benzene rings is 2. The molecule has 0 unspecified atom stereocenters. The SMILES string of the molecule is CC(=O)Nc1ccc(Cl)c(C(=O)Nc2nc(-c3ccccn3)nc(N(C)C)n2)c1.CSc1nc(NC(=O)c2cc(NC(C)=O)ccc2Cl)nc(-c2ccccn2)n1. The molecule has 4 aromatic heterocycles. The molecule has 20 heteroatoms. The predicted octanol–water partition coefficient (Wildman–Crippen LogP) is 6.38. The second-order valence-corrected chi connectivity index (χ2v) is 13.3. The molecule has 4 amide bonds. The summed E-state index contributed by atoms with van der Waals surface area (Å²) >= 11 is 13.6. The Balaban J connectivity index is 0.000000218. The van der Waals surface area contributed by atoms with E-state index in [0.29, 0.717) is 45.5 Å². The topological polar surface area (TPSA) is 223 Å². The fourth-order valence-electron chi connectivity index (χ4n) is 4.64. The summed E-state index contributed by atoms with van der Waals surface area (Å²) in [5, 5.41) is 11.4. The number of aromatic nitrogens is 8. The summed E-state index contributed by atoms with van der Waals surface area (Å²) in [6.07, 6.45) is 5.07. The lowest BCUT2D eigenvalue weighted by Crippen LogP contribution is -2.19. The average Bonchev–Trinajstić information content (AvgIpc) is 3.19. The quantitative estimate of drug-likeness (QED) is 0.110. The summed E-state index contributed by atoms with van der Waals surface area (Å²) in [5.74, 6) is -0.406. The number of anilines is 5. The van der Waals surface area contributed by atoms with Gasteiger partial charge in [-0.2, -0.15) is 24.9 Å². The monoisotopic (exact) mass is 825 g/mol. The number of carbonyl (C=O) groups is 4. The van der Waals surface area contributed by atoms with Gasteiger partial charge in [-0.05, 0) is 66.9 Å². The lowest BCUT2D eigenvalue weighted by Gasteiger charge is -2.13. The number of carbonyl (C=O) groups excluding carboxylic acids is 4. The van der Waals surface area contributed by atoms with Crippen molar-refractivity contribution in [3.8, 4) is 23.0 Å². The van der Waals surface area contributed by atoms with Crippen LogP contribution in [0.5, 0.6) is 0 Å². The minimum absolute atomic E-state index is 0.0512.